The number of hydrogen-bond acceptors (Lipinski definition) is 3. The van der Waals surface area contributed by atoms with Gasteiger partial charge in [-0.1, -0.05) is 6.92 Å². The molecule has 1 N–H and O–H groups in total. The Morgan fingerprint density at radius 2 is 2.00 bits per heavy atom. The maximum Gasteiger partial charge on any atom is 0.0576 e. The molecule has 0 aromatic heterocycles. The van der Waals surface area contributed by atoms with Gasteiger partial charge < -0.3 is 10.1 Å². The van der Waals surface area contributed by atoms with Crippen LogP contribution in [0.15, 0.2) is 0 Å². The zero-order chi connectivity index (χ0) is 10.9. The molecular weight excluding hydrogens is 206 g/mol. The largest absolute Gasteiger partial charge is 0.377 e. The van der Waals surface area contributed by atoms with Crippen molar-refractivity contribution in [1.82, 2.24) is 5.32 Å². The normalized spacial score (nSPS) is 26.8. The van der Waals surface area contributed by atoms with Gasteiger partial charge in [-0.05, 0) is 44.9 Å². The van der Waals surface area contributed by atoms with Gasteiger partial charge in [0.15, 0.2) is 0 Å². The maximum atomic E-state index is 5.83. The van der Waals surface area contributed by atoms with Crippen molar-refractivity contribution in [3.63, 3.8) is 0 Å². The summed E-state index contributed by atoms with van der Waals surface area (Å²) in [4.78, 5) is 0. The van der Waals surface area contributed by atoms with E-state index in [-0.39, 0.29) is 0 Å². The summed E-state index contributed by atoms with van der Waals surface area (Å²) in [6.45, 7) is 4.33. The van der Waals surface area contributed by atoms with Gasteiger partial charge in [0, 0.05) is 11.8 Å². The molecule has 2 nitrogen and oxygen atoms in total. The molecule has 0 radical (unpaired) electrons. The van der Waals surface area contributed by atoms with E-state index < -0.39 is 0 Å². The van der Waals surface area contributed by atoms with Gasteiger partial charge in [0.05, 0.1) is 12.7 Å². The maximum absolute atomic E-state index is 5.83. The first kappa shape index (κ1) is 13.3. The third kappa shape index (κ3) is 5.79. The standard InChI is InChI=1S/C12H25NOS/c1-3-8-13-11-4-6-12(7-5-11)14-9-10-15-2/h11-13H,3-10H2,1-2H3. The molecule has 1 saturated carbocycles. The highest BCUT2D eigenvalue weighted by atomic mass is 32.2. The molecule has 90 valence electrons. The van der Waals surface area contributed by atoms with Crippen LogP contribution in [0.3, 0.4) is 0 Å². The molecule has 0 heterocycles. The summed E-state index contributed by atoms with van der Waals surface area (Å²) in [5, 5.41) is 3.60. The third-order valence-corrected chi connectivity index (χ3v) is 3.57. The zero-order valence-electron chi connectivity index (χ0n) is 10.1. The number of hydrogen-bond donors (Lipinski definition) is 1. The molecule has 0 aromatic carbocycles. The van der Waals surface area contributed by atoms with Crippen molar-refractivity contribution in [3.8, 4) is 0 Å². The lowest BCUT2D eigenvalue weighted by atomic mass is 9.93. The van der Waals surface area contributed by atoms with Crippen LogP contribution in [0.2, 0.25) is 0 Å². The van der Waals surface area contributed by atoms with Crippen molar-refractivity contribution in [1.29, 1.82) is 0 Å². The minimum absolute atomic E-state index is 0.539. The molecule has 1 aliphatic rings. The van der Waals surface area contributed by atoms with E-state index in [1.165, 1.54) is 38.6 Å². The van der Waals surface area contributed by atoms with Crippen LogP contribution in [0, 0.1) is 0 Å². The monoisotopic (exact) mass is 231 g/mol. The molecule has 0 atom stereocenters. The smallest absolute Gasteiger partial charge is 0.0576 e. The Balaban J connectivity index is 2.02. The predicted octanol–water partition coefficient (Wildman–Crippen LogP) is 2.68. The van der Waals surface area contributed by atoms with E-state index in [0.717, 1.165) is 18.4 Å². The third-order valence-electron chi connectivity index (χ3n) is 3.00. The summed E-state index contributed by atoms with van der Waals surface area (Å²) >= 11 is 1.86. The Kier molecular flexibility index (Phi) is 7.49. The lowest BCUT2D eigenvalue weighted by Crippen LogP contribution is -2.35. The average molecular weight is 231 g/mol. The van der Waals surface area contributed by atoms with Crippen LogP contribution in [0.1, 0.15) is 39.0 Å². The number of thioether (sulfide) groups is 1. The van der Waals surface area contributed by atoms with Crippen LogP contribution >= 0.6 is 11.8 Å². The fraction of sp³-hybridized carbons (Fsp3) is 1.00. The highest BCUT2D eigenvalue weighted by molar-refractivity contribution is 7.98. The van der Waals surface area contributed by atoms with Crippen molar-refractivity contribution < 1.29 is 4.74 Å². The quantitative estimate of drug-likeness (QED) is 0.681. The Labute approximate surface area is 98.5 Å². The van der Waals surface area contributed by atoms with Crippen molar-refractivity contribution >= 4 is 11.8 Å². The van der Waals surface area contributed by atoms with Crippen LogP contribution in [0.25, 0.3) is 0 Å². The summed E-state index contributed by atoms with van der Waals surface area (Å²) in [7, 11) is 0. The van der Waals surface area contributed by atoms with E-state index in [1.54, 1.807) is 0 Å². The van der Waals surface area contributed by atoms with Gasteiger partial charge in [-0.3, -0.25) is 0 Å². The molecular formula is C12H25NOS. The van der Waals surface area contributed by atoms with Crippen LogP contribution in [0.5, 0.6) is 0 Å². The fourth-order valence-corrected chi connectivity index (χ4v) is 2.34. The molecule has 0 spiro atoms. The van der Waals surface area contributed by atoms with Crippen molar-refractivity contribution in [2.45, 2.75) is 51.2 Å². The molecule has 15 heavy (non-hydrogen) atoms. The first-order valence-corrected chi connectivity index (χ1v) is 7.60. The molecule has 1 aliphatic carbocycles. The second-order valence-corrected chi connectivity index (χ2v) is 5.28. The van der Waals surface area contributed by atoms with Crippen molar-refractivity contribution in [3.05, 3.63) is 0 Å². The van der Waals surface area contributed by atoms with Crippen molar-refractivity contribution in [2.75, 3.05) is 25.2 Å². The molecule has 0 amide bonds. The lowest BCUT2D eigenvalue weighted by Gasteiger charge is -2.29. The van der Waals surface area contributed by atoms with Gasteiger partial charge in [0.1, 0.15) is 0 Å². The Morgan fingerprint density at radius 3 is 2.60 bits per heavy atom. The molecule has 1 fully saturated rings. The minimum atomic E-state index is 0.539. The summed E-state index contributed by atoms with van der Waals surface area (Å²) < 4.78 is 5.83. The first-order chi connectivity index (χ1) is 7.36. The van der Waals surface area contributed by atoms with Crippen LogP contribution in [0.4, 0.5) is 0 Å². The number of nitrogens with one attached hydrogen (secondary N) is 1. The second kappa shape index (κ2) is 8.43. The van der Waals surface area contributed by atoms with E-state index in [0.29, 0.717) is 6.10 Å². The summed E-state index contributed by atoms with van der Waals surface area (Å²) in [6, 6.07) is 0.755. The number of ether oxygens (including phenoxy) is 1. The Hall–Kier alpha value is 0.270. The SMILES string of the molecule is CCCNC1CCC(OCCSC)CC1. The summed E-state index contributed by atoms with van der Waals surface area (Å²) in [6.07, 6.45) is 9.00. The Morgan fingerprint density at radius 1 is 1.27 bits per heavy atom. The van der Waals surface area contributed by atoms with Gasteiger partial charge in [0.2, 0.25) is 0 Å². The van der Waals surface area contributed by atoms with E-state index in [4.69, 9.17) is 4.74 Å². The molecule has 0 aromatic rings. The predicted molar refractivity (Wildman–Crippen MR) is 68.7 cm³/mol. The molecule has 0 aliphatic heterocycles. The summed E-state index contributed by atoms with van der Waals surface area (Å²) in [5.41, 5.74) is 0. The highest BCUT2D eigenvalue weighted by Gasteiger charge is 2.20. The van der Waals surface area contributed by atoms with Gasteiger partial charge in [-0.15, -0.1) is 0 Å². The molecule has 3 heteroatoms. The van der Waals surface area contributed by atoms with E-state index in [2.05, 4.69) is 18.5 Å². The van der Waals surface area contributed by atoms with Crippen molar-refractivity contribution in [2.24, 2.45) is 0 Å². The second-order valence-electron chi connectivity index (χ2n) is 4.29. The molecule has 0 bridgehead atoms. The topological polar surface area (TPSA) is 21.3 Å². The average Bonchev–Trinajstić information content (AvgIpc) is 2.28. The molecule has 0 saturated heterocycles. The van der Waals surface area contributed by atoms with Gasteiger partial charge in [-0.25, -0.2) is 0 Å². The fourth-order valence-electron chi connectivity index (χ4n) is 2.08. The highest BCUT2D eigenvalue weighted by Crippen LogP contribution is 2.21. The van der Waals surface area contributed by atoms with E-state index in [1.807, 2.05) is 11.8 Å². The Bertz CT molecular complexity index is 147. The van der Waals surface area contributed by atoms with Gasteiger partial charge in [-0.2, -0.15) is 11.8 Å². The zero-order valence-corrected chi connectivity index (χ0v) is 10.9. The summed E-state index contributed by atoms with van der Waals surface area (Å²) in [5.74, 6) is 1.13. The minimum Gasteiger partial charge on any atom is -0.377 e. The van der Waals surface area contributed by atoms with Crippen LogP contribution in [-0.4, -0.2) is 37.3 Å². The lowest BCUT2D eigenvalue weighted by molar-refractivity contribution is 0.0320. The molecule has 1 rings (SSSR count). The van der Waals surface area contributed by atoms with Crippen LogP contribution in [-0.2, 0) is 4.74 Å². The van der Waals surface area contributed by atoms with E-state index in [9.17, 15) is 0 Å². The van der Waals surface area contributed by atoms with Gasteiger partial charge >= 0.3 is 0 Å². The first-order valence-electron chi connectivity index (χ1n) is 6.20. The van der Waals surface area contributed by atoms with E-state index >= 15 is 0 Å². The van der Waals surface area contributed by atoms with Gasteiger partial charge in [0.25, 0.3) is 0 Å². The van der Waals surface area contributed by atoms with Crippen LogP contribution < -0.4 is 5.32 Å². The molecule has 0 unspecified atom stereocenters. The number of rotatable bonds is 7.